The van der Waals surface area contributed by atoms with Crippen LogP contribution in [0.25, 0.3) is 0 Å². The standard InChI is InChI=1S/C16H16N2O2/c1-20-14-9-7-12(8-10-14)11-18-16(19)15(17)13-5-3-2-4-6-13/h2-11,15H,17H2,1H3/t15-/m1/s1. The van der Waals surface area contributed by atoms with Crippen LogP contribution < -0.4 is 10.5 Å². The summed E-state index contributed by atoms with van der Waals surface area (Å²) in [6.45, 7) is 0. The van der Waals surface area contributed by atoms with Crippen molar-refractivity contribution in [3.05, 3.63) is 65.7 Å². The van der Waals surface area contributed by atoms with Crippen molar-refractivity contribution in [1.29, 1.82) is 0 Å². The topological polar surface area (TPSA) is 64.7 Å². The third kappa shape index (κ3) is 3.52. The maximum Gasteiger partial charge on any atom is 0.267 e. The Morgan fingerprint density at radius 1 is 1.15 bits per heavy atom. The molecule has 2 N–H and O–H groups in total. The van der Waals surface area contributed by atoms with Crippen LogP contribution in [0.1, 0.15) is 17.2 Å². The van der Waals surface area contributed by atoms with Gasteiger partial charge in [0.2, 0.25) is 0 Å². The molecule has 2 rings (SSSR count). The smallest absolute Gasteiger partial charge is 0.267 e. The van der Waals surface area contributed by atoms with Crippen molar-refractivity contribution in [3.8, 4) is 5.75 Å². The molecule has 1 amide bonds. The largest absolute Gasteiger partial charge is 0.497 e. The van der Waals surface area contributed by atoms with Crippen molar-refractivity contribution in [2.45, 2.75) is 6.04 Å². The number of methoxy groups -OCH3 is 1. The number of benzene rings is 2. The molecule has 0 saturated carbocycles. The summed E-state index contributed by atoms with van der Waals surface area (Å²) in [4.78, 5) is 15.8. The third-order valence-corrected chi connectivity index (χ3v) is 2.88. The van der Waals surface area contributed by atoms with Crippen molar-refractivity contribution in [2.24, 2.45) is 10.7 Å². The molecule has 1 atom stereocenters. The summed E-state index contributed by atoms with van der Waals surface area (Å²) in [5, 5.41) is 0. The van der Waals surface area contributed by atoms with E-state index < -0.39 is 6.04 Å². The summed E-state index contributed by atoms with van der Waals surface area (Å²) in [5.74, 6) is 0.390. The van der Waals surface area contributed by atoms with Crippen LogP contribution in [-0.2, 0) is 4.79 Å². The van der Waals surface area contributed by atoms with Crippen molar-refractivity contribution in [3.63, 3.8) is 0 Å². The quantitative estimate of drug-likeness (QED) is 0.866. The predicted molar refractivity (Wildman–Crippen MR) is 79.0 cm³/mol. The van der Waals surface area contributed by atoms with Gasteiger partial charge in [0.15, 0.2) is 0 Å². The van der Waals surface area contributed by atoms with Crippen molar-refractivity contribution >= 4 is 12.1 Å². The average Bonchev–Trinajstić information content (AvgIpc) is 2.53. The zero-order valence-electron chi connectivity index (χ0n) is 11.2. The van der Waals surface area contributed by atoms with Gasteiger partial charge in [-0.15, -0.1) is 0 Å². The molecule has 0 aliphatic heterocycles. The highest BCUT2D eigenvalue weighted by Crippen LogP contribution is 2.12. The van der Waals surface area contributed by atoms with Crippen LogP contribution in [0, 0.1) is 0 Å². The molecule has 0 aliphatic carbocycles. The summed E-state index contributed by atoms with van der Waals surface area (Å²) in [6.07, 6.45) is 1.50. The molecule has 102 valence electrons. The highest BCUT2D eigenvalue weighted by molar-refractivity contribution is 5.94. The Labute approximate surface area is 117 Å². The molecule has 0 fully saturated rings. The molecule has 0 bridgehead atoms. The van der Waals surface area contributed by atoms with E-state index in [0.29, 0.717) is 0 Å². The number of carbonyl (C=O) groups excluding carboxylic acids is 1. The first kappa shape index (κ1) is 14.0. The number of hydrogen-bond donors (Lipinski definition) is 1. The molecule has 0 spiro atoms. The second-order valence-electron chi connectivity index (χ2n) is 4.26. The maximum absolute atomic E-state index is 11.9. The molecule has 0 heterocycles. The van der Waals surface area contributed by atoms with Gasteiger partial charge in [0.05, 0.1) is 7.11 Å². The summed E-state index contributed by atoms with van der Waals surface area (Å²) in [7, 11) is 1.60. The Hall–Kier alpha value is -2.46. The van der Waals surface area contributed by atoms with Gasteiger partial charge in [-0.05, 0) is 35.4 Å². The van der Waals surface area contributed by atoms with Crippen LogP contribution >= 0.6 is 0 Å². The number of nitrogens with two attached hydrogens (primary N) is 1. The molecule has 4 nitrogen and oxygen atoms in total. The van der Waals surface area contributed by atoms with Gasteiger partial charge in [0, 0.05) is 6.21 Å². The fourth-order valence-electron chi connectivity index (χ4n) is 1.71. The molecular weight excluding hydrogens is 252 g/mol. The monoisotopic (exact) mass is 268 g/mol. The number of amides is 1. The number of rotatable bonds is 4. The van der Waals surface area contributed by atoms with Crippen LogP contribution in [0.15, 0.2) is 59.6 Å². The van der Waals surface area contributed by atoms with E-state index in [0.717, 1.165) is 16.9 Å². The Kier molecular flexibility index (Phi) is 4.63. The summed E-state index contributed by atoms with van der Waals surface area (Å²) in [6, 6.07) is 15.7. The Bertz CT molecular complexity index is 592. The van der Waals surface area contributed by atoms with Gasteiger partial charge in [-0.3, -0.25) is 4.79 Å². The van der Waals surface area contributed by atoms with E-state index >= 15 is 0 Å². The minimum Gasteiger partial charge on any atom is -0.497 e. The molecule has 0 aromatic heterocycles. The van der Waals surface area contributed by atoms with Crippen LogP contribution in [0.5, 0.6) is 5.75 Å². The van der Waals surface area contributed by atoms with E-state index in [2.05, 4.69) is 4.99 Å². The van der Waals surface area contributed by atoms with Crippen LogP contribution in [0.2, 0.25) is 0 Å². The molecule has 0 unspecified atom stereocenters. The molecule has 4 heteroatoms. The van der Waals surface area contributed by atoms with Gasteiger partial charge < -0.3 is 10.5 Å². The molecule has 0 aliphatic rings. The number of ether oxygens (including phenoxy) is 1. The lowest BCUT2D eigenvalue weighted by Gasteiger charge is -2.06. The van der Waals surface area contributed by atoms with Gasteiger partial charge >= 0.3 is 0 Å². The number of hydrogen-bond acceptors (Lipinski definition) is 3. The van der Waals surface area contributed by atoms with Gasteiger partial charge in [-0.2, -0.15) is 0 Å². The maximum atomic E-state index is 11.9. The molecule has 2 aromatic rings. The van der Waals surface area contributed by atoms with Gasteiger partial charge in [-0.25, -0.2) is 4.99 Å². The van der Waals surface area contributed by atoms with E-state index in [1.807, 2.05) is 54.6 Å². The fraction of sp³-hybridized carbons (Fsp3) is 0.125. The second kappa shape index (κ2) is 6.63. The van der Waals surface area contributed by atoms with E-state index in [1.54, 1.807) is 7.11 Å². The first-order valence-corrected chi connectivity index (χ1v) is 6.23. The highest BCUT2D eigenvalue weighted by atomic mass is 16.5. The lowest BCUT2D eigenvalue weighted by Crippen LogP contribution is -2.19. The minimum atomic E-state index is -0.731. The summed E-state index contributed by atoms with van der Waals surface area (Å²) < 4.78 is 5.06. The number of nitrogens with zero attached hydrogens (tertiary/aromatic N) is 1. The lowest BCUT2D eigenvalue weighted by molar-refractivity contribution is -0.119. The third-order valence-electron chi connectivity index (χ3n) is 2.88. The van der Waals surface area contributed by atoms with E-state index in [9.17, 15) is 4.79 Å². The molecular formula is C16H16N2O2. The zero-order chi connectivity index (χ0) is 14.4. The second-order valence-corrected chi connectivity index (χ2v) is 4.26. The van der Waals surface area contributed by atoms with Crippen LogP contribution in [0.3, 0.4) is 0 Å². The van der Waals surface area contributed by atoms with Gasteiger partial charge in [0.1, 0.15) is 11.8 Å². The Morgan fingerprint density at radius 3 is 2.40 bits per heavy atom. The summed E-state index contributed by atoms with van der Waals surface area (Å²) in [5.41, 5.74) is 7.44. The van der Waals surface area contributed by atoms with Gasteiger partial charge in [0.25, 0.3) is 5.91 Å². The minimum absolute atomic E-state index is 0.369. The average molecular weight is 268 g/mol. The van der Waals surface area contributed by atoms with E-state index in [1.165, 1.54) is 6.21 Å². The Balaban J connectivity index is 2.05. The van der Waals surface area contributed by atoms with E-state index in [-0.39, 0.29) is 5.91 Å². The lowest BCUT2D eigenvalue weighted by atomic mass is 10.1. The van der Waals surface area contributed by atoms with Crippen molar-refractivity contribution < 1.29 is 9.53 Å². The molecule has 20 heavy (non-hydrogen) atoms. The SMILES string of the molecule is COc1ccc(C=NC(=O)[C@H](N)c2ccccc2)cc1. The number of aliphatic imine (C=N–C) groups is 1. The van der Waals surface area contributed by atoms with Crippen molar-refractivity contribution in [1.82, 2.24) is 0 Å². The zero-order valence-corrected chi connectivity index (χ0v) is 11.2. The van der Waals surface area contributed by atoms with E-state index in [4.69, 9.17) is 10.5 Å². The predicted octanol–water partition coefficient (Wildman–Crippen LogP) is 2.34. The first-order valence-electron chi connectivity index (χ1n) is 6.23. The highest BCUT2D eigenvalue weighted by Gasteiger charge is 2.13. The first-order chi connectivity index (χ1) is 9.70. The van der Waals surface area contributed by atoms with Crippen LogP contribution in [0.4, 0.5) is 0 Å². The number of carbonyl (C=O) groups is 1. The van der Waals surface area contributed by atoms with Crippen LogP contribution in [-0.4, -0.2) is 19.2 Å². The molecule has 2 aromatic carbocycles. The summed E-state index contributed by atoms with van der Waals surface area (Å²) >= 11 is 0. The Morgan fingerprint density at radius 2 is 1.80 bits per heavy atom. The fourth-order valence-corrected chi connectivity index (χ4v) is 1.71. The molecule has 0 saturated heterocycles. The molecule has 0 radical (unpaired) electrons. The van der Waals surface area contributed by atoms with Gasteiger partial charge in [-0.1, -0.05) is 30.3 Å². The van der Waals surface area contributed by atoms with Crippen molar-refractivity contribution in [2.75, 3.05) is 7.11 Å². The normalized spacial score (nSPS) is 12.3.